The van der Waals surface area contributed by atoms with Crippen LogP contribution in [0.25, 0.3) is 0 Å². The number of carbonyl (C=O) groups excluding carboxylic acids is 2. The van der Waals surface area contributed by atoms with Gasteiger partial charge in [0.2, 0.25) is 5.91 Å². The Balaban J connectivity index is 1.36. The maximum Gasteiger partial charge on any atom is 0.251 e. The molecular weight excluding hydrogens is 304 g/mol. The highest BCUT2D eigenvalue weighted by molar-refractivity contribution is 5.94. The number of nitrogens with zero attached hydrogens (tertiary/aromatic N) is 1. The van der Waals surface area contributed by atoms with Crippen LogP contribution in [0, 0.1) is 5.92 Å². The topological polar surface area (TPSA) is 58.6 Å². The van der Waals surface area contributed by atoms with Crippen molar-refractivity contribution in [3.63, 3.8) is 0 Å². The third-order valence-corrected chi connectivity index (χ3v) is 4.56. The molecule has 0 aromatic heterocycles. The van der Waals surface area contributed by atoms with Gasteiger partial charge in [-0.1, -0.05) is 12.1 Å². The number of nitrogens with one attached hydrogen (secondary N) is 1. The van der Waals surface area contributed by atoms with Gasteiger partial charge in [0.1, 0.15) is 0 Å². The average molecular weight is 330 g/mol. The summed E-state index contributed by atoms with van der Waals surface area (Å²) >= 11 is 0. The van der Waals surface area contributed by atoms with E-state index in [1.165, 1.54) is 12.8 Å². The number of likely N-dealkylation sites (tertiary alicyclic amines) is 1. The van der Waals surface area contributed by atoms with E-state index in [0.717, 1.165) is 37.5 Å². The second-order valence-corrected chi connectivity index (χ2v) is 6.74. The molecular formula is C19H26N2O3. The maximum atomic E-state index is 12.1. The number of ether oxygens (including phenoxy) is 1. The lowest BCUT2D eigenvalue weighted by atomic mass is 10.1. The van der Waals surface area contributed by atoms with Gasteiger partial charge < -0.3 is 15.0 Å². The highest BCUT2D eigenvalue weighted by Crippen LogP contribution is 2.28. The SMILES string of the molecule is O=C(NCCCOCC1CC1)c1ccc(CN2CCCC2=O)cc1. The summed E-state index contributed by atoms with van der Waals surface area (Å²) < 4.78 is 5.55. The molecule has 0 atom stereocenters. The number of hydrogen-bond acceptors (Lipinski definition) is 3. The van der Waals surface area contributed by atoms with Gasteiger partial charge in [-0.25, -0.2) is 0 Å². The predicted octanol–water partition coefficient (Wildman–Crippen LogP) is 2.36. The van der Waals surface area contributed by atoms with E-state index in [1.807, 2.05) is 29.2 Å². The molecule has 1 heterocycles. The van der Waals surface area contributed by atoms with Crippen LogP contribution >= 0.6 is 0 Å². The molecule has 1 aliphatic carbocycles. The van der Waals surface area contributed by atoms with Crippen molar-refractivity contribution in [1.29, 1.82) is 0 Å². The molecule has 3 rings (SSSR count). The van der Waals surface area contributed by atoms with E-state index >= 15 is 0 Å². The summed E-state index contributed by atoms with van der Waals surface area (Å²) in [6.07, 6.45) is 5.06. The number of amides is 2. The van der Waals surface area contributed by atoms with Gasteiger partial charge in [-0.05, 0) is 49.3 Å². The Hall–Kier alpha value is -1.88. The summed E-state index contributed by atoms with van der Waals surface area (Å²) in [6.45, 7) is 3.69. The van der Waals surface area contributed by atoms with Gasteiger partial charge >= 0.3 is 0 Å². The third-order valence-electron chi connectivity index (χ3n) is 4.56. The first kappa shape index (κ1) is 17.0. The third kappa shape index (κ3) is 5.06. The summed E-state index contributed by atoms with van der Waals surface area (Å²) in [5, 5.41) is 2.92. The van der Waals surface area contributed by atoms with Crippen molar-refractivity contribution in [2.24, 2.45) is 5.92 Å². The van der Waals surface area contributed by atoms with E-state index in [4.69, 9.17) is 4.74 Å². The molecule has 0 unspecified atom stereocenters. The van der Waals surface area contributed by atoms with Crippen molar-refractivity contribution in [3.8, 4) is 0 Å². The fraction of sp³-hybridized carbons (Fsp3) is 0.579. The van der Waals surface area contributed by atoms with Crippen LogP contribution in [-0.4, -0.2) is 43.0 Å². The highest BCUT2D eigenvalue weighted by Gasteiger charge is 2.21. The molecule has 1 aromatic rings. The van der Waals surface area contributed by atoms with Gasteiger partial charge in [-0.2, -0.15) is 0 Å². The number of benzene rings is 1. The Bertz CT molecular complexity index is 566. The first-order valence-electron chi connectivity index (χ1n) is 8.95. The molecule has 5 heteroatoms. The molecule has 2 amide bonds. The van der Waals surface area contributed by atoms with E-state index in [1.54, 1.807) is 0 Å². The molecule has 2 aliphatic rings. The Kier molecular flexibility index (Phi) is 5.86. The second-order valence-electron chi connectivity index (χ2n) is 6.74. The Morgan fingerprint density at radius 3 is 2.71 bits per heavy atom. The molecule has 24 heavy (non-hydrogen) atoms. The molecule has 1 aromatic carbocycles. The quantitative estimate of drug-likeness (QED) is 0.707. The average Bonchev–Trinajstić information content (AvgIpc) is 3.34. The van der Waals surface area contributed by atoms with Crippen molar-refractivity contribution in [2.75, 3.05) is 26.3 Å². The van der Waals surface area contributed by atoms with E-state index in [9.17, 15) is 9.59 Å². The van der Waals surface area contributed by atoms with Crippen LogP contribution in [0.2, 0.25) is 0 Å². The lowest BCUT2D eigenvalue weighted by molar-refractivity contribution is -0.128. The Morgan fingerprint density at radius 2 is 2.04 bits per heavy atom. The maximum absolute atomic E-state index is 12.1. The van der Waals surface area contributed by atoms with Crippen molar-refractivity contribution in [2.45, 2.75) is 38.6 Å². The minimum atomic E-state index is -0.0546. The fourth-order valence-corrected chi connectivity index (χ4v) is 2.87. The van der Waals surface area contributed by atoms with Crippen LogP contribution in [0.3, 0.4) is 0 Å². The van der Waals surface area contributed by atoms with Gasteiger partial charge in [0.15, 0.2) is 0 Å². The van der Waals surface area contributed by atoms with Crippen molar-refractivity contribution in [3.05, 3.63) is 35.4 Å². The Morgan fingerprint density at radius 1 is 1.25 bits per heavy atom. The fourth-order valence-electron chi connectivity index (χ4n) is 2.87. The standard InChI is InChI=1S/C19H26N2O3/c22-18-3-1-11-21(18)13-15-6-8-17(9-7-15)19(23)20-10-2-12-24-14-16-4-5-16/h6-9,16H,1-5,10-14H2,(H,20,23). The Labute approximate surface area is 143 Å². The number of carbonyl (C=O) groups is 2. The van der Waals surface area contributed by atoms with E-state index in [0.29, 0.717) is 31.7 Å². The minimum absolute atomic E-state index is 0.0546. The summed E-state index contributed by atoms with van der Waals surface area (Å²) in [6, 6.07) is 7.52. The number of rotatable bonds is 9. The molecule has 2 fully saturated rings. The molecule has 1 saturated heterocycles. The van der Waals surface area contributed by atoms with Crippen LogP contribution in [0.5, 0.6) is 0 Å². The van der Waals surface area contributed by atoms with Gasteiger partial charge in [-0.3, -0.25) is 9.59 Å². The van der Waals surface area contributed by atoms with Crippen LogP contribution in [-0.2, 0) is 16.1 Å². The molecule has 0 bridgehead atoms. The first-order chi connectivity index (χ1) is 11.7. The molecule has 0 spiro atoms. The molecule has 0 radical (unpaired) electrons. The summed E-state index contributed by atoms with van der Waals surface area (Å²) in [5.41, 5.74) is 1.72. The highest BCUT2D eigenvalue weighted by atomic mass is 16.5. The van der Waals surface area contributed by atoms with Crippen LogP contribution in [0.4, 0.5) is 0 Å². The molecule has 1 aliphatic heterocycles. The van der Waals surface area contributed by atoms with Crippen LogP contribution < -0.4 is 5.32 Å². The monoisotopic (exact) mass is 330 g/mol. The number of hydrogen-bond donors (Lipinski definition) is 1. The zero-order chi connectivity index (χ0) is 16.8. The summed E-state index contributed by atoms with van der Waals surface area (Å²) in [4.78, 5) is 25.6. The van der Waals surface area contributed by atoms with Gasteiger partial charge in [0.05, 0.1) is 0 Å². The lowest BCUT2D eigenvalue weighted by Crippen LogP contribution is -2.26. The van der Waals surface area contributed by atoms with Crippen LogP contribution in [0.15, 0.2) is 24.3 Å². The van der Waals surface area contributed by atoms with E-state index in [-0.39, 0.29) is 11.8 Å². The van der Waals surface area contributed by atoms with E-state index < -0.39 is 0 Å². The van der Waals surface area contributed by atoms with Gasteiger partial charge in [-0.15, -0.1) is 0 Å². The van der Waals surface area contributed by atoms with Crippen molar-refractivity contribution in [1.82, 2.24) is 10.2 Å². The zero-order valence-corrected chi connectivity index (χ0v) is 14.1. The predicted molar refractivity (Wildman–Crippen MR) is 91.6 cm³/mol. The van der Waals surface area contributed by atoms with Gasteiger partial charge in [0.25, 0.3) is 5.91 Å². The lowest BCUT2D eigenvalue weighted by Gasteiger charge is -2.15. The summed E-state index contributed by atoms with van der Waals surface area (Å²) in [7, 11) is 0. The molecule has 1 saturated carbocycles. The molecule has 5 nitrogen and oxygen atoms in total. The van der Waals surface area contributed by atoms with Crippen molar-refractivity contribution >= 4 is 11.8 Å². The minimum Gasteiger partial charge on any atom is -0.381 e. The van der Waals surface area contributed by atoms with Crippen LogP contribution in [0.1, 0.15) is 48.0 Å². The second kappa shape index (κ2) is 8.29. The normalized spacial score (nSPS) is 17.3. The van der Waals surface area contributed by atoms with Gasteiger partial charge in [0, 0.05) is 44.8 Å². The van der Waals surface area contributed by atoms with E-state index in [2.05, 4.69) is 5.32 Å². The smallest absolute Gasteiger partial charge is 0.251 e. The zero-order valence-electron chi connectivity index (χ0n) is 14.1. The van der Waals surface area contributed by atoms with Crippen molar-refractivity contribution < 1.29 is 14.3 Å². The molecule has 1 N–H and O–H groups in total. The summed E-state index contributed by atoms with van der Waals surface area (Å²) in [5.74, 6) is 0.954. The molecule has 130 valence electrons. The largest absolute Gasteiger partial charge is 0.381 e. The first-order valence-corrected chi connectivity index (χ1v) is 8.95.